The van der Waals surface area contributed by atoms with E-state index in [2.05, 4.69) is 10.6 Å². The number of anilines is 1. The monoisotopic (exact) mass is 271 g/mol. The van der Waals surface area contributed by atoms with Crippen LogP contribution in [0.15, 0.2) is 12.1 Å². The van der Waals surface area contributed by atoms with E-state index >= 15 is 0 Å². The number of nitrogens with one attached hydrogen (secondary N) is 2. The van der Waals surface area contributed by atoms with Gasteiger partial charge in [0, 0.05) is 6.54 Å². The van der Waals surface area contributed by atoms with Crippen LogP contribution in [0.3, 0.4) is 0 Å². The molecule has 1 unspecified atom stereocenters. The fraction of sp³-hybridized carbons (Fsp3) is 0.364. The molecule has 19 heavy (non-hydrogen) atoms. The lowest BCUT2D eigenvalue weighted by atomic mass is 10.1. The molecule has 2 N–H and O–H groups in total. The topological polar surface area (TPSA) is 84.3 Å². The minimum absolute atomic E-state index is 0.344. The van der Waals surface area contributed by atoms with E-state index in [4.69, 9.17) is 0 Å². The summed E-state index contributed by atoms with van der Waals surface area (Å²) in [7, 11) is 0. The second-order valence-corrected chi connectivity index (χ2v) is 4.17. The van der Waals surface area contributed by atoms with Crippen LogP contribution in [0.4, 0.5) is 20.2 Å². The molecule has 1 aliphatic heterocycles. The average Bonchev–Trinajstić information content (AvgIpc) is 2.35. The Morgan fingerprint density at radius 1 is 1.37 bits per heavy atom. The van der Waals surface area contributed by atoms with Crippen LogP contribution in [0.5, 0.6) is 0 Å². The van der Waals surface area contributed by atoms with Gasteiger partial charge in [0.2, 0.25) is 5.91 Å². The normalized spacial score (nSPS) is 18.8. The first kappa shape index (κ1) is 13.2. The predicted molar refractivity (Wildman–Crippen MR) is 62.7 cm³/mol. The molecule has 1 aliphatic rings. The molecule has 0 aliphatic carbocycles. The lowest BCUT2D eigenvalue weighted by Gasteiger charge is -2.24. The molecule has 1 saturated heterocycles. The number of halogens is 2. The van der Waals surface area contributed by atoms with Gasteiger partial charge < -0.3 is 10.6 Å². The lowest BCUT2D eigenvalue weighted by Crippen LogP contribution is -2.44. The molecular formula is C11H11F2N3O3. The first-order chi connectivity index (χ1) is 8.99. The molecule has 2 rings (SSSR count). The lowest BCUT2D eigenvalue weighted by molar-refractivity contribution is -0.385. The molecule has 1 aromatic rings. The van der Waals surface area contributed by atoms with E-state index in [1.165, 1.54) is 0 Å². The maximum Gasteiger partial charge on any atom is 0.275 e. The maximum absolute atomic E-state index is 13.6. The molecule has 1 aromatic carbocycles. The largest absolute Gasteiger partial charge is 0.369 e. The molecule has 0 bridgehead atoms. The number of rotatable bonds is 3. The van der Waals surface area contributed by atoms with Gasteiger partial charge >= 0.3 is 0 Å². The van der Waals surface area contributed by atoms with Crippen LogP contribution in [0.25, 0.3) is 0 Å². The Hall–Kier alpha value is -2.25. The third-order valence-electron chi connectivity index (χ3n) is 2.84. The van der Waals surface area contributed by atoms with Crippen molar-refractivity contribution in [2.24, 2.45) is 0 Å². The first-order valence-electron chi connectivity index (χ1n) is 5.66. The fourth-order valence-corrected chi connectivity index (χ4v) is 1.89. The summed E-state index contributed by atoms with van der Waals surface area (Å²) in [6.45, 7) is 0.530. The van der Waals surface area contributed by atoms with Crippen molar-refractivity contribution < 1.29 is 18.5 Å². The van der Waals surface area contributed by atoms with E-state index in [9.17, 15) is 23.7 Å². The maximum atomic E-state index is 13.6. The molecule has 1 fully saturated rings. The number of carbonyl (C=O) groups is 1. The van der Waals surface area contributed by atoms with Gasteiger partial charge in [-0.25, -0.2) is 8.78 Å². The van der Waals surface area contributed by atoms with Crippen molar-refractivity contribution in [3.05, 3.63) is 33.9 Å². The number of nitrogens with zero attached hydrogens (tertiary/aromatic N) is 1. The Labute approximate surface area is 106 Å². The van der Waals surface area contributed by atoms with E-state index in [0.717, 1.165) is 0 Å². The molecule has 1 amide bonds. The highest BCUT2D eigenvalue weighted by Gasteiger charge is 2.25. The summed E-state index contributed by atoms with van der Waals surface area (Å²) in [5.41, 5.74) is -1.19. The van der Waals surface area contributed by atoms with Crippen molar-refractivity contribution in [1.82, 2.24) is 5.32 Å². The van der Waals surface area contributed by atoms with Crippen LogP contribution in [0.1, 0.15) is 12.8 Å². The van der Waals surface area contributed by atoms with Gasteiger partial charge in [0.05, 0.1) is 17.1 Å². The third-order valence-corrected chi connectivity index (χ3v) is 2.84. The molecule has 0 spiro atoms. The number of carbonyl (C=O) groups excluding carboxylic acids is 1. The van der Waals surface area contributed by atoms with E-state index in [-0.39, 0.29) is 5.91 Å². The second kappa shape index (κ2) is 5.17. The van der Waals surface area contributed by atoms with Gasteiger partial charge in [-0.05, 0) is 12.8 Å². The Morgan fingerprint density at radius 3 is 2.53 bits per heavy atom. The quantitative estimate of drug-likeness (QED) is 0.645. The molecular weight excluding hydrogens is 260 g/mol. The van der Waals surface area contributed by atoms with Gasteiger partial charge in [-0.15, -0.1) is 0 Å². The molecule has 6 nitrogen and oxygen atoms in total. The highest BCUT2D eigenvalue weighted by molar-refractivity contribution is 5.85. The highest BCUT2D eigenvalue weighted by atomic mass is 19.1. The van der Waals surface area contributed by atoms with Crippen molar-refractivity contribution in [2.45, 2.75) is 18.9 Å². The minimum atomic E-state index is -1.09. The Morgan fingerprint density at radius 2 is 2.00 bits per heavy atom. The number of non-ortho nitro benzene ring substituents is 1. The van der Waals surface area contributed by atoms with Gasteiger partial charge in [-0.2, -0.15) is 0 Å². The van der Waals surface area contributed by atoms with Crippen LogP contribution < -0.4 is 10.6 Å². The van der Waals surface area contributed by atoms with Crippen molar-refractivity contribution >= 4 is 17.3 Å². The van der Waals surface area contributed by atoms with Gasteiger partial charge in [-0.3, -0.25) is 14.9 Å². The van der Waals surface area contributed by atoms with E-state index in [0.29, 0.717) is 31.5 Å². The Bertz CT molecular complexity index is 513. The minimum Gasteiger partial charge on any atom is -0.369 e. The number of nitro groups is 1. The molecule has 0 saturated carbocycles. The molecule has 0 radical (unpaired) electrons. The highest BCUT2D eigenvalue weighted by Crippen LogP contribution is 2.26. The summed E-state index contributed by atoms with van der Waals surface area (Å²) in [6.07, 6.45) is 1.14. The molecule has 0 aromatic heterocycles. The van der Waals surface area contributed by atoms with E-state index in [1.807, 2.05) is 0 Å². The number of benzene rings is 1. The Kier molecular flexibility index (Phi) is 3.59. The van der Waals surface area contributed by atoms with Crippen LogP contribution in [-0.4, -0.2) is 23.4 Å². The average molecular weight is 271 g/mol. The SMILES string of the molecule is O=C1NCCCC1Nc1c(F)cc([N+](=O)[O-])cc1F. The van der Waals surface area contributed by atoms with Gasteiger partial charge in [0.15, 0.2) is 11.6 Å². The van der Waals surface area contributed by atoms with Crippen molar-refractivity contribution in [3.8, 4) is 0 Å². The number of amides is 1. The number of hydrogen-bond donors (Lipinski definition) is 2. The zero-order chi connectivity index (χ0) is 14.0. The van der Waals surface area contributed by atoms with Crippen molar-refractivity contribution in [1.29, 1.82) is 0 Å². The van der Waals surface area contributed by atoms with Crippen LogP contribution >= 0.6 is 0 Å². The second-order valence-electron chi connectivity index (χ2n) is 4.17. The summed E-state index contributed by atoms with van der Waals surface area (Å²) < 4.78 is 27.2. The predicted octanol–water partition coefficient (Wildman–Crippen LogP) is 1.56. The smallest absolute Gasteiger partial charge is 0.275 e. The van der Waals surface area contributed by atoms with Crippen molar-refractivity contribution in [2.75, 3.05) is 11.9 Å². The third kappa shape index (κ3) is 2.78. The molecule has 102 valence electrons. The van der Waals surface area contributed by atoms with Crippen LogP contribution in [0, 0.1) is 21.7 Å². The van der Waals surface area contributed by atoms with E-state index in [1.54, 1.807) is 0 Å². The van der Waals surface area contributed by atoms with Gasteiger partial charge in [0.1, 0.15) is 11.7 Å². The molecule has 1 heterocycles. The summed E-state index contributed by atoms with van der Waals surface area (Å²) in [5.74, 6) is -2.53. The summed E-state index contributed by atoms with van der Waals surface area (Å²) in [5, 5.41) is 15.5. The van der Waals surface area contributed by atoms with Crippen molar-refractivity contribution in [3.63, 3.8) is 0 Å². The number of nitro benzene ring substituents is 1. The number of hydrogen-bond acceptors (Lipinski definition) is 4. The fourth-order valence-electron chi connectivity index (χ4n) is 1.89. The zero-order valence-corrected chi connectivity index (χ0v) is 9.78. The van der Waals surface area contributed by atoms with Crippen LogP contribution in [0.2, 0.25) is 0 Å². The van der Waals surface area contributed by atoms with Crippen LogP contribution in [-0.2, 0) is 4.79 Å². The van der Waals surface area contributed by atoms with Gasteiger partial charge in [-0.1, -0.05) is 0 Å². The zero-order valence-electron chi connectivity index (χ0n) is 9.78. The molecule has 8 heteroatoms. The summed E-state index contributed by atoms with van der Waals surface area (Å²) in [6, 6.07) is 0.498. The first-order valence-corrected chi connectivity index (χ1v) is 5.66. The van der Waals surface area contributed by atoms with E-state index < -0.39 is 34.0 Å². The summed E-state index contributed by atoms with van der Waals surface area (Å²) >= 11 is 0. The standard InChI is InChI=1S/C11H11F2N3O3/c12-7-4-6(16(18)19)5-8(13)10(7)15-9-2-1-3-14-11(9)17/h4-5,9,15H,1-3H2,(H,14,17). The number of piperidine rings is 1. The summed E-state index contributed by atoms with van der Waals surface area (Å²) in [4.78, 5) is 21.0. The van der Waals surface area contributed by atoms with Gasteiger partial charge in [0.25, 0.3) is 5.69 Å². The molecule has 1 atom stereocenters. The Balaban J connectivity index is 2.25.